The summed E-state index contributed by atoms with van der Waals surface area (Å²) in [5, 5.41) is 10.6. The molecule has 0 saturated carbocycles. The number of aromatic amines is 1. The van der Waals surface area contributed by atoms with Crippen molar-refractivity contribution in [2.75, 3.05) is 0 Å². The summed E-state index contributed by atoms with van der Waals surface area (Å²) in [6.45, 7) is 0. The van der Waals surface area contributed by atoms with Crippen LogP contribution in [0.2, 0.25) is 0 Å². The van der Waals surface area contributed by atoms with Gasteiger partial charge in [-0.3, -0.25) is 19.8 Å². The van der Waals surface area contributed by atoms with Crippen molar-refractivity contribution in [1.82, 2.24) is 15.4 Å². The molecule has 0 aliphatic rings. The van der Waals surface area contributed by atoms with Crippen LogP contribution in [0.5, 0.6) is 0 Å². The number of aromatic nitrogens is 2. The van der Waals surface area contributed by atoms with Crippen molar-refractivity contribution in [2.24, 2.45) is 0 Å². The summed E-state index contributed by atoms with van der Waals surface area (Å²) in [4.78, 5) is 32.7. The van der Waals surface area contributed by atoms with Crippen molar-refractivity contribution < 1.29 is 19.2 Å². The minimum absolute atomic E-state index is 0.0840. The Bertz CT molecular complexity index is 1200. The number of H-pyrrole nitrogens is 1. The number of ketones is 1. The zero-order valence-corrected chi connectivity index (χ0v) is 17.1. The number of halogens is 1. The maximum absolute atomic E-state index is 13.4. The third-order valence-corrected chi connectivity index (χ3v) is 5.74. The molecule has 4 rings (SSSR count). The Morgan fingerprint density at radius 1 is 1.13 bits per heavy atom. The van der Waals surface area contributed by atoms with Gasteiger partial charge in [0, 0.05) is 18.2 Å². The highest BCUT2D eigenvalue weighted by atomic mass is 32.1. The largest absolute Gasteiger partial charge is 0.351 e. The normalized spacial score (nSPS) is 10.8. The van der Waals surface area contributed by atoms with E-state index in [4.69, 9.17) is 5.21 Å². The Balaban J connectivity index is 1.58. The summed E-state index contributed by atoms with van der Waals surface area (Å²) in [7, 11) is 0. The van der Waals surface area contributed by atoms with Crippen LogP contribution in [0.25, 0.3) is 21.7 Å². The van der Waals surface area contributed by atoms with E-state index < -0.39 is 5.91 Å². The fourth-order valence-electron chi connectivity index (χ4n) is 3.24. The van der Waals surface area contributed by atoms with Crippen molar-refractivity contribution in [3.05, 3.63) is 88.9 Å². The van der Waals surface area contributed by atoms with Crippen LogP contribution >= 0.6 is 11.3 Å². The first-order valence-electron chi connectivity index (χ1n) is 9.50. The summed E-state index contributed by atoms with van der Waals surface area (Å²) < 4.78 is 13.4. The summed E-state index contributed by atoms with van der Waals surface area (Å²) in [6.07, 6.45) is 2.17. The SMILES string of the molecule is O=C(NO)c1ccc(CCC(=O)c2[nH]c(-c3cccs3)cc2-c2ccc(F)cc2)cn1. The highest BCUT2D eigenvalue weighted by Gasteiger charge is 2.18. The highest BCUT2D eigenvalue weighted by molar-refractivity contribution is 7.13. The summed E-state index contributed by atoms with van der Waals surface area (Å²) in [5.41, 5.74) is 5.18. The maximum atomic E-state index is 13.4. The minimum atomic E-state index is -0.695. The minimum Gasteiger partial charge on any atom is -0.351 e. The Morgan fingerprint density at radius 2 is 1.94 bits per heavy atom. The fourth-order valence-corrected chi connectivity index (χ4v) is 3.94. The Kier molecular flexibility index (Phi) is 6.01. The second-order valence-electron chi connectivity index (χ2n) is 6.87. The van der Waals surface area contributed by atoms with E-state index in [9.17, 15) is 14.0 Å². The van der Waals surface area contributed by atoms with Crippen LogP contribution < -0.4 is 5.48 Å². The lowest BCUT2D eigenvalue weighted by Crippen LogP contribution is -2.19. The third kappa shape index (κ3) is 4.60. The molecule has 1 amide bonds. The number of amides is 1. The van der Waals surface area contributed by atoms with Crippen LogP contribution in [-0.4, -0.2) is 26.9 Å². The second-order valence-corrected chi connectivity index (χ2v) is 7.82. The van der Waals surface area contributed by atoms with Crippen LogP contribution in [0.15, 0.2) is 66.2 Å². The van der Waals surface area contributed by atoms with Crippen LogP contribution in [0.4, 0.5) is 4.39 Å². The van der Waals surface area contributed by atoms with Gasteiger partial charge in [0.2, 0.25) is 0 Å². The molecule has 1 aromatic carbocycles. The number of nitrogens with zero attached hydrogens (tertiary/aromatic N) is 1. The topological polar surface area (TPSA) is 95.1 Å². The van der Waals surface area contributed by atoms with Gasteiger partial charge in [0.15, 0.2) is 5.78 Å². The van der Waals surface area contributed by atoms with Crippen LogP contribution in [0.3, 0.4) is 0 Å². The zero-order valence-electron chi connectivity index (χ0n) is 16.3. The van der Waals surface area contributed by atoms with Crippen molar-refractivity contribution in [3.63, 3.8) is 0 Å². The first-order valence-corrected chi connectivity index (χ1v) is 10.4. The number of thiophene rings is 1. The van der Waals surface area contributed by atoms with Gasteiger partial charge in [-0.25, -0.2) is 9.87 Å². The lowest BCUT2D eigenvalue weighted by atomic mass is 10.0. The van der Waals surface area contributed by atoms with Crippen LogP contribution in [0.1, 0.15) is 33.0 Å². The number of Topliss-reactive ketones (excluding diaryl/α,β-unsaturated/α-hetero) is 1. The predicted molar refractivity (Wildman–Crippen MR) is 116 cm³/mol. The fraction of sp³-hybridized carbons (Fsp3) is 0.0870. The molecule has 6 nitrogen and oxygen atoms in total. The molecule has 8 heteroatoms. The van der Waals surface area contributed by atoms with E-state index in [0.29, 0.717) is 12.1 Å². The van der Waals surface area contributed by atoms with E-state index in [2.05, 4.69) is 9.97 Å². The summed E-state index contributed by atoms with van der Waals surface area (Å²) in [6, 6.07) is 15.0. The lowest BCUT2D eigenvalue weighted by Gasteiger charge is -2.05. The van der Waals surface area contributed by atoms with Gasteiger partial charge in [-0.2, -0.15) is 0 Å². The number of aryl methyl sites for hydroxylation is 1. The maximum Gasteiger partial charge on any atom is 0.293 e. The molecule has 31 heavy (non-hydrogen) atoms. The first-order chi connectivity index (χ1) is 15.0. The molecule has 0 aliphatic carbocycles. The molecule has 4 aromatic rings. The summed E-state index contributed by atoms with van der Waals surface area (Å²) in [5.74, 6) is -1.12. The van der Waals surface area contributed by atoms with E-state index in [0.717, 1.165) is 27.3 Å². The van der Waals surface area contributed by atoms with Crippen molar-refractivity contribution in [3.8, 4) is 21.7 Å². The molecule has 0 aliphatic heterocycles. The molecule has 3 N–H and O–H groups in total. The number of rotatable bonds is 7. The molecular weight excluding hydrogens is 417 g/mol. The quantitative estimate of drug-likeness (QED) is 0.219. The van der Waals surface area contributed by atoms with E-state index in [1.54, 1.807) is 29.5 Å². The van der Waals surface area contributed by atoms with Gasteiger partial charge in [-0.15, -0.1) is 11.3 Å². The summed E-state index contributed by atoms with van der Waals surface area (Å²) >= 11 is 1.56. The molecule has 0 atom stereocenters. The number of nitrogens with one attached hydrogen (secondary N) is 2. The van der Waals surface area contributed by atoms with E-state index in [1.807, 2.05) is 23.6 Å². The zero-order chi connectivity index (χ0) is 21.8. The molecule has 0 fully saturated rings. The van der Waals surface area contributed by atoms with Gasteiger partial charge in [-0.1, -0.05) is 24.3 Å². The number of hydrogen-bond donors (Lipinski definition) is 3. The number of benzene rings is 1. The number of carbonyl (C=O) groups is 2. The number of pyridine rings is 1. The number of hydroxylamine groups is 1. The van der Waals surface area contributed by atoms with Gasteiger partial charge in [0.05, 0.1) is 16.3 Å². The molecule has 3 heterocycles. The lowest BCUT2D eigenvalue weighted by molar-refractivity contribution is 0.0700. The van der Waals surface area contributed by atoms with E-state index >= 15 is 0 Å². The van der Waals surface area contributed by atoms with Crippen molar-refractivity contribution >= 4 is 23.0 Å². The monoisotopic (exact) mass is 435 g/mol. The van der Waals surface area contributed by atoms with Crippen LogP contribution in [0, 0.1) is 5.82 Å². The molecule has 3 aromatic heterocycles. The third-order valence-electron chi connectivity index (χ3n) is 4.84. The standard InChI is InChI=1S/C23H18FN3O3S/c24-16-7-5-15(6-8-16)17-12-19(21-2-1-11-31-21)26-22(17)20(28)10-4-14-3-9-18(25-13-14)23(29)27-30/h1-3,5-9,11-13,26,30H,4,10H2,(H,27,29). The van der Waals surface area contributed by atoms with Gasteiger partial charge in [0.1, 0.15) is 11.5 Å². The Hall–Kier alpha value is -3.62. The first kappa shape index (κ1) is 20.6. The smallest absolute Gasteiger partial charge is 0.293 e. The van der Waals surface area contributed by atoms with Gasteiger partial charge < -0.3 is 4.98 Å². The van der Waals surface area contributed by atoms with Crippen molar-refractivity contribution in [1.29, 1.82) is 0 Å². The van der Waals surface area contributed by atoms with Gasteiger partial charge in [-0.05, 0) is 53.3 Å². The Labute approximate surface area is 181 Å². The molecule has 0 saturated heterocycles. The number of carbonyl (C=O) groups excluding carboxylic acids is 2. The average molecular weight is 435 g/mol. The van der Waals surface area contributed by atoms with Gasteiger partial charge >= 0.3 is 0 Å². The molecule has 0 unspecified atom stereocenters. The molecule has 0 bridgehead atoms. The molecule has 0 radical (unpaired) electrons. The van der Waals surface area contributed by atoms with E-state index in [-0.39, 0.29) is 23.7 Å². The molecular formula is C23H18FN3O3S. The Morgan fingerprint density at radius 3 is 2.58 bits per heavy atom. The second kappa shape index (κ2) is 9.03. The van der Waals surface area contributed by atoms with Gasteiger partial charge in [0.25, 0.3) is 5.91 Å². The average Bonchev–Trinajstić information content (AvgIpc) is 3.48. The molecule has 156 valence electrons. The highest BCUT2D eigenvalue weighted by Crippen LogP contribution is 2.32. The molecule has 0 spiro atoms. The van der Waals surface area contributed by atoms with E-state index in [1.165, 1.54) is 29.9 Å². The van der Waals surface area contributed by atoms with Crippen LogP contribution in [-0.2, 0) is 6.42 Å². The predicted octanol–water partition coefficient (Wildman–Crippen LogP) is 4.88. The van der Waals surface area contributed by atoms with Crippen molar-refractivity contribution in [2.45, 2.75) is 12.8 Å². The number of hydrogen-bond acceptors (Lipinski definition) is 5.